The molecule has 0 fully saturated rings. The Balaban J connectivity index is 2.67. The first kappa shape index (κ1) is 16.2. The van der Waals surface area contributed by atoms with E-state index < -0.39 is 11.7 Å². The molecule has 0 radical (unpaired) electrons. The third-order valence-corrected chi connectivity index (χ3v) is 3.11. The predicted octanol–water partition coefficient (Wildman–Crippen LogP) is 2.26. The molecule has 1 rings (SSSR count). The van der Waals surface area contributed by atoms with Gasteiger partial charge in [0.2, 0.25) is 5.91 Å². The Morgan fingerprint density at radius 1 is 1.60 bits per heavy atom. The van der Waals surface area contributed by atoms with Crippen LogP contribution in [0, 0.1) is 11.7 Å². The molecule has 1 aromatic rings. The van der Waals surface area contributed by atoms with E-state index in [0.29, 0.717) is 12.0 Å². The minimum Gasteiger partial charge on any atom is -0.409 e. The van der Waals surface area contributed by atoms with E-state index in [1.54, 1.807) is 0 Å². The second-order valence-corrected chi connectivity index (χ2v) is 4.74. The first-order valence-corrected chi connectivity index (χ1v) is 6.56. The number of nitrogens with two attached hydrogens (primary N) is 1. The van der Waals surface area contributed by atoms with Crippen molar-refractivity contribution in [3.63, 3.8) is 0 Å². The van der Waals surface area contributed by atoms with Crippen molar-refractivity contribution in [1.29, 1.82) is 0 Å². The summed E-state index contributed by atoms with van der Waals surface area (Å²) in [5.41, 5.74) is 6.15. The van der Waals surface area contributed by atoms with Gasteiger partial charge in [-0.2, -0.15) is 0 Å². The molecule has 0 aliphatic rings. The van der Waals surface area contributed by atoms with E-state index >= 15 is 0 Å². The second kappa shape index (κ2) is 7.69. The first-order chi connectivity index (χ1) is 9.49. The van der Waals surface area contributed by atoms with Gasteiger partial charge < -0.3 is 16.3 Å². The summed E-state index contributed by atoms with van der Waals surface area (Å²) >= 11 is 5.65. The monoisotopic (exact) mass is 301 g/mol. The number of amidine groups is 1. The highest BCUT2D eigenvalue weighted by Gasteiger charge is 2.21. The minimum atomic E-state index is -0.680. The number of carbonyl (C=O) groups is 1. The molecule has 0 aromatic heterocycles. The zero-order chi connectivity index (χ0) is 15.1. The predicted molar refractivity (Wildman–Crippen MR) is 75.1 cm³/mol. The Hall–Kier alpha value is -1.82. The van der Waals surface area contributed by atoms with E-state index in [0.717, 1.165) is 6.42 Å². The lowest BCUT2D eigenvalue weighted by Gasteiger charge is -2.14. The molecule has 0 aliphatic heterocycles. The summed E-state index contributed by atoms with van der Waals surface area (Å²) in [6.07, 6.45) is 1.20. The fraction of sp³-hybridized carbons (Fsp3) is 0.385. The SMILES string of the molecule is CCCC(C(=O)NCc1ccc(F)c(Cl)c1)C(N)=NO. The molecule has 1 unspecified atom stereocenters. The molecule has 1 atom stereocenters. The van der Waals surface area contributed by atoms with Gasteiger partial charge in [0, 0.05) is 6.54 Å². The van der Waals surface area contributed by atoms with Gasteiger partial charge in [-0.05, 0) is 24.1 Å². The summed E-state index contributed by atoms with van der Waals surface area (Å²) in [5.74, 6) is -1.66. The summed E-state index contributed by atoms with van der Waals surface area (Å²) in [6, 6.07) is 4.20. The number of amides is 1. The van der Waals surface area contributed by atoms with Crippen LogP contribution in [-0.4, -0.2) is 17.0 Å². The molecule has 1 aromatic carbocycles. The number of hydrogen-bond donors (Lipinski definition) is 3. The highest BCUT2D eigenvalue weighted by atomic mass is 35.5. The van der Waals surface area contributed by atoms with Crippen LogP contribution < -0.4 is 11.1 Å². The molecule has 7 heteroatoms. The van der Waals surface area contributed by atoms with Crippen LogP contribution >= 0.6 is 11.6 Å². The summed E-state index contributed by atoms with van der Waals surface area (Å²) in [7, 11) is 0. The second-order valence-electron chi connectivity index (χ2n) is 4.33. The molecule has 0 aliphatic carbocycles. The van der Waals surface area contributed by atoms with Crippen LogP contribution in [0.25, 0.3) is 0 Å². The van der Waals surface area contributed by atoms with Gasteiger partial charge in [-0.1, -0.05) is 36.2 Å². The number of rotatable bonds is 6. The van der Waals surface area contributed by atoms with Crippen LogP contribution in [0.15, 0.2) is 23.4 Å². The van der Waals surface area contributed by atoms with Crippen LogP contribution in [-0.2, 0) is 11.3 Å². The van der Waals surface area contributed by atoms with Crippen molar-refractivity contribution in [2.75, 3.05) is 0 Å². The Morgan fingerprint density at radius 2 is 2.30 bits per heavy atom. The molecular weight excluding hydrogens is 285 g/mol. The molecule has 1 amide bonds. The lowest BCUT2D eigenvalue weighted by atomic mass is 10.0. The molecule has 0 spiro atoms. The average Bonchev–Trinajstić information content (AvgIpc) is 2.44. The quantitative estimate of drug-likeness (QED) is 0.326. The molecule has 0 saturated carbocycles. The highest BCUT2D eigenvalue weighted by molar-refractivity contribution is 6.30. The Morgan fingerprint density at radius 3 is 2.85 bits per heavy atom. The zero-order valence-electron chi connectivity index (χ0n) is 11.1. The molecular formula is C13H17ClFN3O2. The van der Waals surface area contributed by atoms with Gasteiger partial charge in [-0.3, -0.25) is 4.79 Å². The van der Waals surface area contributed by atoms with Crippen molar-refractivity contribution < 1.29 is 14.4 Å². The van der Waals surface area contributed by atoms with Crippen LogP contribution in [0.5, 0.6) is 0 Å². The molecule has 4 N–H and O–H groups in total. The van der Waals surface area contributed by atoms with Gasteiger partial charge in [-0.15, -0.1) is 0 Å². The summed E-state index contributed by atoms with van der Waals surface area (Å²) in [5, 5.41) is 14.2. The summed E-state index contributed by atoms with van der Waals surface area (Å²) < 4.78 is 13.0. The average molecular weight is 302 g/mol. The third-order valence-electron chi connectivity index (χ3n) is 2.82. The fourth-order valence-electron chi connectivity index (χ4n) is 1.73. The largest absolute Gasteiger partial charge is 0.409 e. The van der Waals surface area contributed by atoms with Crippen LogP contribution in [0.4, 0.5) is 4.39 Å². The maximum Gasteiger partial charge on any atom is 0.231 e. The summed E-state index contributed by atoms with van der Waals surface area (Å²) in [6.45, 7) is 2.09. The van der Waals surface area contributed by atoms with Gasteiger partial charge in [-0.25, -0.2) is 4.39 Å². The lowest BCUT2D eigenvalue weighted by molar-refractivity contribution is -0.123. The Labute approximate surface area is 121 Å². The fourth-order valence-corrected chi connectivity index (χ4v) is 1.94. The molecule has 20 heavy (non-hydrogen) atoms. The van der Waals surface area contributed by atoms with Gasteiger partial charge in [0.05, 0.1) is 10.9 Å². The van der Waals surface area contributed by atoms with Crippen LogP contribution in [0.2, 0.25) is 5.02 Å². The molecule has 0 saturated heterocycles. The van der Waals surface area contributed by atoms with E-state index in [9.17, 15) is 9.18 Å². The molecule has 0 heterocycles. The van der Waals surface area contributed by atoms with Gasteiger partial charge in [0.15, 0.2) is 5.84 Å². The number of nitrogens with zero attached hydrogens (tertiary/aromatic N) is 1. The maximum absolute atomic E-state index is 13.0. The third kappa shape index (κ3) is 4.38. The molecule has 5 nitrogen and oxygen atoms in total. The summed E-state index contributed by atoms with van der Waals surface area (Å²) in [4.78, 5) is 12.0. The smallest absolute Gasteiger partial charge is 0.231 e. The van der Waals surface area contributed by atoms with Gasteiger partial charge in [0.25, 0.3) is 0 Å². The lowest BCUT2D eigenvalue weighted by Crippen LogP contribution is -2.38. The number of halogens is 2. The Kier molecular flexibility index (Phi) is 6.24. The van der Waals surface area contributed by atoms with Crippen LogP contribution in [0.1, 0.15) is 25.3 Å². The normalized spacial score (nSPS) is 13.1. The van der Waals surface area contributed by atoms with E-state index in [-0.39, 0.29) is 23.3 Å². The number of carbonyl (C=O) groups excluding carboxylic acids is 1. The van der Waals surface area contributed by atoms with Gasteiger partial charge >= 0.3 is 0 Å². The zero-order valence-corrected chi connectivity index (χ0v) is 11.8. The van der Waals surface area contributed by atoms with Crippen molar-refractivity contribution >= 4 is 23.3 Å². The highest BCUT2D eigenvalue weighted by Crippen LogP contribution is 2.16. The van der Waals surface area contributed by atoms with E-state index in [4.69, 9.17) is 22.5 Å². The Bertz CT molecular complexity index is 508. The van der Waals surface area contributed by atoms with Crippen molar-refractivity contribution in [3.05, 3.63) is 34.6 Å². The topological polar surface area (TPSA) is 87.7 Å². The minimum absolute atomic E-state index is 0.00158. The first-order valence-electron chi connectivity index (χ1n) is 6.18. The van der Waals surface area contributed by atoms with Crippen molar-refractivity contribution in [1.82, 2.24) is 5.32 Å². The number of benzene rings is 1. The number of nitrogens with one attached hydrogen (secondary N) is 1. The van der Waals surface area contributed by atoms with Gasteiger partial charge in [0.1, 0.15) is 5.82 Å². The molecule has 0 bridgehead atoms. The maximum atomic E-state index is 13.0. The van der Waals surface area contributed by atoms with Crippen molar-refractivity contribution in [2.24, 2.45) is 16.8 Å². The molecule has 110 valence electrons. The van der Waals surface area contributed by atoms with Crippen molar-refractivity contribution in [2.45, 2.75) is 26.3 Å². The number of hydrogen-bond acceptors (Lipinski definition) is 3. The standard InChI is InChI=1S/C13H17ClFN3O2/c1-2-3-9(12(16)18-20)13(19)17-7-8-4-5-11(15)10(14)6-8/h4-6,9,20H,2-3,7H2,1H3,(H2,16,18)(H,17,19). The number of oxime groups is 1. The van der Waals surface area contributed by atoms with E-state index in [1.807, 2.05) is 6.92 Å². The van der Waals surface area contributed by atoms with E-state index in [2.05, 4.69) is 10.5 Å². The van der Waals surface area contributed by atoms with Crippen molar-refractivity contribution in [3.8, 4) is 0 Å². The van der Waals surface area contributed by atoms with Crippen LogP contribution in [0.3, 0.4) is 0 Å². The van der Waals surface area contributed by atoms with E-state index in [1.165, 1.54) is 18.2 Å².